The van der Waals surface area contributed by atoms with Crippen molar-refractivity contribution < 1.29 is 14.3 Å². The lowest BCUT2D eigenvalue weighted by Gasteiger charge is -2.22. The maximum atomic E-state index is 12.6. The molecule has 1 aliphatic heterocycles. The van der Waals surface area contributed by atoms with E-state index in [1.54, 1.807) is 36.4 Å². The molecule has 0 saturated carbocycles. The van der Waals surface area contributed by atoms with Crippen LogP contribution in [0.4, 0.5) is 10.5 Å². The zero-order chi connectivity index (χ0) is 25.9. The van der Waals surface area contributed by atoms with Gasteiger partial charge in [-0.15, -0.1) is 0 Å². The zero-order valence-corrected chi connectivity index (χ0v) is 22.9. The van der Waals surface area contributed by atoms with Gasteiger partial charge >= 0.3 is 6.03 Å². The Morgan fingerprint density at radius 3 is 2.33 bits per heavy atom. The normalized spacial score (nSPS) is 14.3. The first-order valence-corrected chi connectivity index (χ1v) is 13.4. The second-order valence-electron chi connectivity index (χ2n) is 8.52. The van der Waals surface area contributed by atoms with Gasteiger partial charge in [-0.25, -0.2) is 4.79 Å². The lowest BCUT2D eigenvalue weighted by atomic mass is 10.2. The highest BCUT2D eigenvalue weighted by Gasteiger charge is 2.19. The highest BCUT2D eigenvalue weighted by molar-refractivity contribution is 6.42. The third kappa shape index (κ3) is 9.52. The molecule has 1 heterocycles. The predicted molar refractivity (Wildman–Crippen MR) is 147 cm³/mol. The largest absolute Gasteiger partial charge is 0.484 e. The van der Waals surface area contributed by atoms with Crippen LogP contribution in [0.15, 0.2) is 36.4 Å². The SMILES string of the molecule is O=C(COc1ccc(Cl)c(Cl)c1)NCCCCCN1CCCN(C(=O)Nc2ccc(Cl)c(Cl)c2)CC1. The fourth-order valence-corrected chi connectivity index (χ4v) is 4.39. The number of rotatable bonds is 10. The van der Waals surface area contributed by atoms with E-state index in [0.717, 1.165) is 45.3 Å². The molecule has 196 valence electrons. The summed E-state index contributed by atoms with van der Waals surface area (Å²) in [6, 6.07) is 9.81. The highest BCUT2D eigenvalue weighted by atomic mass is 35.5. The number of amides is 3. The number of hydrogen-bond donors (Lipinski definition) is 2. The number of urea groups is 1. The van der Waals surface area contributed by atoms with E-state index in [2.05, 4.69) is 15.5 Å². The van der Waals surface area contributed by atoms with Crippen LogP contribution >= 0.6 is 46.4 Å². The third-order valence-electron chi connectivity index (χ3n) is 5.78. The summed E-state index contributed by atoms with van der Waals surface area (Å²) in [5.41, 5.74) is 0.628. The number of hydrogen-bond acceptors (Lipinski definition) is 4. The molecule has 0 aromatic heterocycles. The van der Waals surface area contributed by atoms with Crippen molar-refractivity contribution in [1.29, 1.82) is 0 Å². The van der Waals surface area contributed by atoms with E-state index < -0.39 is 0 Å². The molecule has 0 spiro atoms. The van der Waals surface area contributed by atoms with Gasteiger partial charge in [-0.2, -0.15) is 0 Å². The Morgan fingerprint density at radius 1 is 0.833 bits per heavy atom. The molecule has 0 bridgehead atoms. The molecule has 11 heteroatoms. The van der Waals surface area contributed by atoms with Gasteiger partial charge in [-0.3, -0.25) is 4.79 Å². The number of halogens is 4. The molecular formula is C25H30Cl4N4O3. The minimum absolute atomic E-state index is 0.0686. The fraction of sp³-hybridized carbons (Fsp3) is 0.440. The second kappa shape index (κ2) is 14.7. The average molecular weight is 576 g/mol. The molecule has 0 atom stereocenters. The number of carbonyl (C=O) groups is 2. The van der Waals surface area contributed by atoms with Gasteiger partial charge in [0.25, 0.3) is 5.91 Å². The topological polar surface area (TPSA) is 73.9 Å². The predicted octanol–water partition coefficient (Wildman–Crippen LogP) is 6.21. The quantitative estimate of drug-likeness (QED) is 0.330. The van der Waals surface area contributed by atoms with Crippen molar-refractivity contribution in [1.82, 2.24) is 15.1 Å². The molecule has 7 nitrogen and oxygen atoms in total. The maximum absolute atomic E-state index is 12.6. The van der Waals surface area contributed by atoms with Crippen LogP contribution in [-0.4, -0.2) is 67.6 Å². The molecule has 0 radical (unpaired) electrons. The maximum Gasteiger partial charge on any atom is 0.321 e. The van der Waals surface area contributed by atoms with Crippen LogP contribution in [0.25, 0.3) is 0 Å². The van der Waals surface area contributed by atoms with Crippen LogP contribution in [0, 0.1) is 0 Å². The van der Waals surface area contributed by atoms with E-state index in [9.17, 15) is 9.59 Å². The van der Waals surface area contributed by atoms with E-state index in [1.807, 2.05) is 4.90 Å². The monoisotopic (exact) mass is 574 g/mol. The van der Waals surface area contributed by atoms with Crippen molar-refractivity contribution >= 4 is 64.0 Å². The highest BCUT2D eigenvalue weighted by Crippen LogP contribution is 2.26. The first kappa shape index (κ1) is 28.7. The van der Waals surface area contributed by atoms with Gasteiger partial charge in [0.1, 0.15) is 5.75 Å². The molecule has 0 aliphatic carbocycles. The Hall–Kier alpha value is -1.90. The van der Waals surface area contributed by atoms with Crippen LogP contribution < -0.4 is 15.4 Å². The number of nitrogens with zero attached hydrogens (tertiary/aromatic N) is 2. The van der Waals surface area contributed by atoms with Gasteiger partial charge in [-0.1, -0.05) is 52.8 Å². The molecule has 3 amide bonds. The van der Waals surface area contributed by atoms with E-state index in [-0.39, 0.29) is 18.5 Å². The third-order valence-corrected chi connectivity index (χ3v) is 7.26. The van der Waals surface area contributed by atoms with Crippen LogP contribution in [0.2, 0.25) is 20.1 Å². The summed E-state index contributed by atoms with van der Waals surface area (Å²) in [7, 11) is 0. The van der Waals surface area contributed by atoms with Gasteiger partial charge in [0, 0.05) is 37.9 Å². The minimum Gasteiger partial charge on any atom is -0.484 e. The second-order valence-corrected chi connectivity index (χ2v) is 10.1. The van der Waals surface area contributed by atoms with Crippen molar-refractivity contribution in [2.75, 3.05) is 51.2 Å². The number of benzene rings is 2. The van der Waals surface area contributed by atoms with E-state index in [1.165, 1.54) is 0 Å². The molecule has 3 rings (SSSR count). The molecule has 2 aromatic rings. The Morgan fingerprint density at radius 2 is 1.58 bits per heavy atom. The van der Waals surface area contributed by atoms with Gasteiger partial charge in [0.05, 0.1) is 20.1 Å². The molecule has 2 N–H and O–H groups in total. The van der Waals surface area contributed by atoms with Crippen molar-refractivity contribution in [3.05, 3.63) is 56.5 Å². The molecule has 1 fully saturated rings. The molecule has 1 saturated heterocycles. The number of unbranched alkanes of at least 4 members (excludes halogenated alkanes) is 2. The van der Waals surface area contributed by atoms with Gasteiger partial charge in [-0.05, 0) is 62.7 Å². The van der Waals surface area contributed by atoms with Gasteiger partial charge in [0.2, 0.25) is 0 Å². The Balaban J connectivity index is 1.26. The number of nitrogens with one attached hydrogen (secondary N) is 2. The summed E-state index contributed by atoms with van der Waals surface area (Å²) in [6.07, 6.45) is 3.85. The summed E-state index contributed by atoms with van der Waals surface area (Å²) in [6.45, 7) is 4.67. The van der Waals surface area contributed by atoms with Crippen LogP contribution in [0.3, 0.4) is 0 Å². The zero-order valence-electron chi connectivity index (χ0n) is 19.9. The summed E-state index contributed by atoms with van der Waals surface area (Å²) in [5.74, 6) is 0.329. The standard InChI is InChI=1S/C25H30Cl4N4O3/c26-20-7-5-18(15-22(20)28)31-25(35)33-12-4-11-32(13-14-33)10-3-1-2-9-30-24(34)17-36-19-6-8-21(27)23(29)16-19/h5-8,15-16H,1-4,9-14,17H2,(H,30,34)(H,31,35). The summed E-state index contributed by atoms with van der Waals surface area (Å²) in [5, 5.41) is 7.45. The Bertz CT molecular complexity index is 1040. The summed E-state index contributed by atoms with van der Waals surface area (Å²) >= 11 is 23.8. The minimum atomic E-state index is -0.173. The van der Waals surface area contributed by atoms with Crippen molar-refractivity contribution in [3.63, 3.8) is 0 Å². The van der Waals surface area contributed by atoms with E-state index in [0.29, 0.717) is 51.2 Å². The van der Waals surface area contributed by atoms with Crippen molar-refractivity contribution in [3.8, 4) is 5.75 Å². The Kier molecular flexibility index (Phi) is 11.7. The van der Waals surface area contributed by atoms with E-state index in [4.69, 9.17) is 51.1 Å². The molecular weight excluding hydrogens is 546 g/mol. The fourth-order valence-electron chi connectivity index (χ4n) is 3.81. The number of carbonyl (C=O) groups excluding carboxylic acids is 2. The van der Waals surface area contributed by atoms with Crippen LogP contribution in [0.1, 0.15) is 25.7 Å². The lowest BCUT2D eigenvalue weighted by Crippen LogP contribution is -2.38. The smallest absolute Gasteiger partial charge is 0.321 e. The lowest BCUT2D eigenvalue weighted by molar-refractivity contribution is -0.123. The summed E-state index contributed by atoms with van der Waals surface area (Å²) in [4.78, 5) is 28.8. The molecule has 0 unspecified atom stereocenters. The average Bonchev–Trinajstić information content (AvgIpc) is 3.10. The first-order valence-electron chi connectivity index (χ1n) is 11.9. The van der Waals surface area contributed by atoms with Crippen LogP contribution in [0.5, 0.6) is 5.75 Å². The Labute approximate surface area is 231 Å². The van der Waals surface area contributed by atoms with Gasteiger partial charge < -0.3 is 25.2 Å². The number of anilines is 1. The number of ether oxygens (including phenoxy) is 1. The van der Waals surface area contributed by atoms with E-state index >= 15 is 0 Å². The van der Waals surface area contributed by atoms with Gasteiger partial charge in [0.15, 0.2) is 6.61 Å². The van der Waals surface area contributed by atoms with Crippen molar-refractivity contribution in [2.45, 2.75) is 25.7 Å². The first-order chi connectivity index (χ1) is 17.3. The molecule has 36 heavy (non-hydrogen) atoms. The molecule has 2 aromatic carbocycles. The molecule has 1 aliphatic rings. The van der Waals surface area contributed by atoms with Crippen LogP contribution in [-0.2, 0) is 4.79 Å². The van der Waals surface area contributed by atoms with Crippen molar-refractivity contribution in [2.24, 2.45) is 0 Å². The summed E-state index contributed by atoms with van der Waals surface area (Å²) < 4.78 is 5.44.